The molecule has 0 saturated carbocycles. The van der Waals surface area contributed by atoms with Crippen molar-refractivity contribution in [3.8, 4) is 11.5 Å². The Hall–Kier alpha value is -2.21. The molecule has 0 amide bonds. The van der Waals surface area contributed by atoms with E-state index >= 15 is 0 Å². The highest BCUT2D eigenvalue weighted by atomic mass is 32.2. The van der Waals surface area contributed by atoms with Crippen LogP contribution in [0.5, 0.6) is 11.5 Å². The molecule has 0 spiro atoms. The summed E-state index contributed by atoms with van der Waals surface area (Å²) >= 11 is 0. The predicted octanol–water partition coefficient (Wildman–Crippen LogP) is 2.82. The molecule has 2 N–H and O–H groups in total. The molecular formula is C15H17NO4S. The fraction of sp³-hybridized carbons (Fsp3) is 0.200. The molecule has 0 bridgehead atoms. The highest BCUT2D eigenvalue weighted by Crippen LogP contribution is 2.27. The third-order valence-corrected chi connectivity index (χ3v) is 4.54. The van der Waals surface area contributed by atoms with Gasteiger partial charge < -0.3 is 9.84 Å². The minimum absolute atomic E-state index is 0.139. The number of aryl methyl sites for hydroxylation is 2. The van der Waals surface area contributed by atoms with E-state index in [0.29, 0.717) is 22.6 Å². The van der Waals surface area contributed by atoms with Gasteiger partial charge in [-0.3, -0.25) is 4.72 Å². The summed E-state index contributed by atoms with van der Waals surface area (Å²) in [6.45, 7) is 3.44. The van der Waals surface area contributed by atoms with E-state index in [4.69, 9.17) is 4.74 Å². The molecule has 0 heterocycles. The molecule has 21 heavy (non-hydrogen) atoms. The Morgan fingerprint density at radius 2 is 1.67 bits per heavy atom. The SMILES string of the molecule is COc1ccc(S(=O)(=O)Nc2cc(C)c(O)cc2C)cc1. The maximum Gasteiger partial charge on any atom is 0.261 e. The van der Waals surface area contributed by atoms with Crippen molar-refractivity contribution in [1.29, 1.82) is 0 Å². The zero-order chi connectivity index (χ0) is 15.6. The average molecular weight is 307 g/mol. The Morgan fingerprint density at radius 3 is 2.24 bits per heavy atom. The zero-order valence-electron chi connectivity index (χ0n) is 12.0. The molecule has 0 unspecified atom stereocenters. The predicted molar refractivity (Wildman–Crippen MR) is 81.4 cm³/mol. The van der Waals surface area contributed by atoms with Crippen LogP contribution in [-0.2, 0) is 10.0 Å². The molecule has 0 radical (unpaired) electrons. The smallest absolute Gasteiger partial charge is 0.261 e. The summed E-state index contributed by atoms with van der Waals surface area (Å²) in [4.78, 5) is 0.147. The molecule has 0 fully saturated rings. The Bertz CT molecular complexity index is 752. The molecule has 112 valence electrons. The minimum Gasteiger partial charge on any atom is -0.508 e. The lowest BCUT2D eigenvalue weighted by molar-refractivity contribution is 0.414. The average Bonchev–Trinajstić information content (AvgIpc) is 2.44. The fourth-order valence-corrected chi connectivity index (χ4v) is 2.99. The number of phenolic OH excluding ortho intramolecular Hbond substituents is 1. The first-order chi connectivity index (χ1) is 9.83. The Balaban J connectivity index is 2.34. The standard InChI is InChI=1S/C15H17NO4S/c1-10-9-15(17)11(2)8-14(10)16-21(18,19)13-6-4-12(20-3)5-7-13/h4-9,16-17H,1-3H3. The number of nitrogens with one attached hydrogen (secondary N) is 1. The lowest BCUT2D eigenvalue weighted by Gasteiger charge is -2.12. The monoisotopic (exact) mass is 307 g/mol. The van der Waals surface area contributed by atoms with Gasteiger partial charge in [-0.2, -0.15) is 0 Å². The molecule has 2 aromatic carbocycles. The number of methoxy groups -OCH3 is 1. The third-order valence-electron chi connectivity index (χ3n) is 3.16. The number of rotatable bonds is 4. The summed E-state index contributed by atoms with van der Waals surface area (Å²) in [5, 5.41) is 9.61. The van der Waals surface area contributed by atoms with E-state index in [2.05, 4.69) is 4.72 Å². The number of hydrogen-bond acceptors (Lipinski definition) is 4. The van der Waals surface area contributed by atoms with Gasteiger partial charge in [0.2, 0.25) is 0 Å². The molecule has 0 saturated heterocycles. The number of aromatic hydroxyl groups is 1. The molecule has 0 aliphatic carbocycles. The van der Waals surface area contributed by atoms with E-state index in [1.165, 1.54) is 25.3 Å². The van der Waals surface area contributed by atoms with Crippen LogP contribution in [0.25, 0.3) is 0 Å². The molecule has 0 aliphatic rings. The van der Waals surface area contributed by atoms with E-state index in [9.17, 15) is 13.5 Å². The second kappa shape index (κ2) is 5.65. The minimum atomic E-state index is -3.68. The van der Waals surface area contributed by atoms with Gasteiger partial charge in [0, 0.05) is 0 Å². The molecular weight excluding hydrogens is 290 g/mol. The van der Waals surface area contributed by atoms with Gasteiger partial charge >= 0.3 is 0 Å². The lowest BCUT2D eigenvalue weighted by atomic mass is 10.1. The Kier molecular flexibility index (Phi) is 4.09. The first-order valence-electron chi connectivity index (χ1n) is 6.30. The topological polar surface area (TPSA) is 75.6 Å². The van der Waals surface area contributed by atoms with Crippen molar-refractivity contribution in [3.05, 3.63) is 47.5 Å². The van der Waals surface area contributed by atoms with E-state index < -0.39 is 10.0 Å². The van der Waals surface area contributed by atoms with Crippen molar-refractivity contribution in [1.82, 2.24) is 0 Å². The molecule has 0 aliphatic heterocycles. The van der Waals surface area contributed by atoms with Gasteiger partial charge in [-0.1, -0.05) is 0 Å². The number of sulfonamides is 1. The molecule has 0 atom stereocenters. The van der Waals surface area contributed by atoms with Crippen LogP contribution in [0.2, 0.25) is 0 Å². The van der Waals surface area contributed by atoms with E-state index in [0.717, 1.165) is 0 Å². The first-order valence-corrected chi connectivity index (χ1v) is 7.79. The van der Waals surface area contributed by atoms with Crippen LogP contribution in [-0.4, -0.2) is 20.6 Å². The molecule has 2 rings (SSSR count). The van der Waals surface area contributed by atoms with Gasteiger partial charge in [0.25, 0.3) is 10.0 Å². The van der Waals surface area contributed by atoms with Crippen molar-refractivity contribution in [2.75, 3.05) is 11.8 Å². The van der Waals surface area contributed by atoms with Crippen LogP contribution in [0.1, 0.15) is 11.1 Å². The van der Waals surface area contributed by atoms with Gasteiger partial charge in [0.05, 0.1) is 17.7 Å². The van der Waals surface area contributed by atoms with Gasteiger partial charge in [0.1, 0.15) is 11.5 Å². The summed E-state index contributed by atoms with van der Waals surface area (Å²) in [6.07, 6.45) is 0. The quantitative estimate of drug-likeness (QED) is 0.852. The van der Waals surface area contributed by atoms with E-state index in [-0.39, 0.29) is 10.6 Å². The van der Waals surface area contributed by atoms with Crippen molar-refractivity contribution >= 4 is 15.7 Å². The summed E-state index contributed by atoms with van der Waals surface area (Å²) < 4.78 is 32.2. The van der Waals surface area contributed by atoms with E-state index in [1.807, 2.05) is 0 Å². The van der Waals surface area contributed by atoms with Crippen LogP contribution < -0.4 is 9.46 Å². The van der Waals surface area contributed by atoms with Crippen LogP contribution in [0.15, 0.2) is 41.3 Å². The van der Waals surface area contributed by atoms with E-state index in [1.54, 1.807) is 32.0 Å². The second-order valence-electron chi connectivity index (χ2n) is 4.73. The second-order valence-corrected chi connectivity index (χ2v) is 6.42. The summed E-state index contributed by atoms with van der Waals surface area (Å²) in [5.74, 6) is 0.727. The Morgan fingerprint density at radius 1 is 1.05 bits per heavy atom. The van der Waals surface area contributed by atoms with Crippen LogP contribution in [0.3, 0.4) is 0 Å². The molecule has 0 aromatic heterocycles. The number of hydrogen-bond donors (Lipinski definition) is 2. The molecule has 6 heteroatoms. The number of benzene rings is 2. The van der Waals surface area contributed by atoms with Gasteiger partial charge in [-0.25, -0.2) is 8.42 Å². The first kappa shape index (κ1) is 15.2. The lowest BCUT2D eigenvalue weighted by Crippen LogP contribution is -2.13. The van der Waals surface area contributed by atoms with Crippen LogP contribution in [0.4, 0.5) is 5.69 Å². The molecule has 5 nitrogen and oxygen atoms in total. The van der Waals surface area contributed by atoms with Gasteiger partial charge in [0.15, 0.2) is 0 Å². The number of anilines is 1. The van der Waals surface area contributed by atoms with Crippen LogP contribution in [0, 0.1) is 13.8 Å². The van der Waals surface area contributed by atoms with Gasteiger partial charge in [-0.15, -0.1) is 0 Å². The van der Waals surface area contributed by atoms with Crippen LogP contribution >= 0.6 is 0 Å². The summed E-state index contributed by atoms with van der Waals surface area (Å²) in [7, 11) is -2.16. The highest BCUT2D eigenvalue weighted by molar-refractivity contribution is 7.92. The fourth-order valence-electron chi connectivity index (χ4n) is 1.87. The van der Waals surface area contributed by atoms with Crippen molar-refractivity contribution in [2.45, 2.75) is 18.7 Å². The normalized spacial score (nSPS) is 11.2. The number of phenols is 1. The summed E-state index contributed by atoms with van der Waals surface area (Å²) in [5.41, 5.74) is 1.70. The maximum atomic E-state index is 12.3. The third kappa shape index (κ3) is 3.28. The number of ether oxygens (including phenoxy) is 1. The zero-order valence-corrected chi connectivity index (χ0v) is 12.9. The molecule has 2 aromatic rings. The summed E-state index contributed by atoms with van der Waals surface area (Å²) in [6, 6.07) is 9.26. The largest absolute Gasteiger partial charge is 0.508 e. The van der Waals surface area contributed by atoms with Gasteiger partial charge in [-0.05, 0) is 61.4 Å². The van der Waals surface area contributed by atoms with Crippen molar-refractivity contribution < 1.29 is 18.3 Å². The highest BCUT2D eigenvalue weighted by Gasteiger charge is 2.16. The maximum absolute atomic E-state index is 12.3. The van der Waals surface area contributed by atoms with Crippen molar-refractivity contribution in [2.24, 2.45) is 0 Å². The van der Waals surface area contributed by atoms with Crippen molar-refractivity contribution in [3.63, 3.8) is 0 Å². The Labute approximate surface area is 124 Å².